The molecule has 6 nitrogen and oxygen atoms in total. The molecule has 1 rings (SSSR count). The number of carbonyl (C=O) groups is 1. The third-order valence-corrected chi connectivity index (χ3v) is 5.65. The SMILES string of the molecule is C=C(N=C(C)C)N\C(CN)=C(C)/C(C)=C/C=C(OC)\C(C)=C\CC.COC(=O)C1CCCCC1. The zero-order chi connectivity index (χ0) is 26.1. The smallest absolute Gasteiger partial charge is 0.308 e. The summed E-state index contributed by atoms with van der Waals surface area (Å²) in [7, 11) is 3.16. The van der Waals surface area contributed by atoms with E-state index in [1.165, 1.54) is 26.4 Å². The molecular weight excluding hydrogens is 426 g/mol. The lowest BCUT2D eigenvalue weighted by Crippen LogP contribution is -2.21. The van der Waals surface area contributed by atoms with E-state index >= 15 is 0 Å². The van der Waals surface area contributed by atoms with Gasteiger partial charge in [0.15, 0.2) is 0 Å². The lowest BCUT2D eigenvalue weighted by Gasteiger charge is -2.18. The van der Waals surface area contributed by atoms with Crippen molar-refractivity contribution >= 4 is 11.7 Å². The largest absolute Gasteiger partial charge is 0.497 e. The maximum Gasteiger partial charge on any atom is 0.308 e. The van der Waals surface area contributed by atoms with Crippen LogP contribution < -0.4 is 11.1 Å². The van der Waals surface area contributed by atoms with E-state index in [1.54, 1.807) is 7.11 Å². The van der Waals surface area contributed by atoms with E-state index in [0.717, 1.165) is 53.1 Å². The van der Waals surface area contributed by atoms with Gasteiger partial charge in [0, 0.05) is 18.0 Å². The second-order valence-corrected chi connectivity index (χ2v) is 8.68. The molecule has 0 bridgehead atoms. The molecule has 0 amide bonds. The van der Waals surface area contributed by atoms with Crippen molar-refractivity contribution in [3.8, 4) is 0 Å². The predicted octanol–water partition coefficient (Wildman–Crippen LogP) is 6.33. The lowest BCUT2D eigenvalue weighted by molar-refractivity contribution is -0.146. The van der Waals surface area contributed by atoms with Crippen molar-refractivity contribution in [2.75, 3.05) is 20.8 Å². The lowest BCUT2D eigenvalue weighted by atomic mass is 9.89. The number of carbonyl (C=O) groups excluding carboxylic acids is 1. The zero-order valence-electron chi connectivity index (χ0n) is 22.7. The highest BCUT2D eigenvalue weighted by Crippen LogP contribution is 2.24. The van der Waals surface area contributed by atoms with Gasteiger partial charge >= 0.3 is 5.97 Å². The number of ether oxygens (including phenoxy) is 2. The molecule has 6 heteroatoms. The van der Waals surface area contributed by atoms with Gasteiger partial charge in [-0.15, -0.1) is 0 Å². The van der Waals surface area contributed by atoms with Gasteiger partial charge in [0.25, 0.3) is 0 Å². The summed E-state index contributed by atoms with van der Waals surface area (Å²) in [5, 5.41) is 3.19. The Kier molecular flexibility index (Phi) is 16.5. The van der Waals surface area contributed by atoms with Gasteiger partial charge in [0.05, 0.1) is 20.1 Å². The highest BCUT2D eigenvalue weighted by Gasteiger charge is 2.20. The molecule has 0 aromatic heterocycles. The normalized spacial score (nSPS) is 16.0. The highest BCUT2D eigenvalue weighted by molar-refractivity contribution is 5.80. The summed E-state index contributed by atoms with van der Waals surface area (Å²) in [6.07, 6.45) is 12.9. The maximum atomic E-state index is 10.9. The monoisotopic (exact) mass is 473 g/mol. The highest BCUT2D eigenvalue weighted by atomic mass is 16.5. The Hall–Kier alpha value is -2.60. The average Bonchev–Trinajstić information content (AvgIpc) is 2.82. The van der Waals surface area contributed by atoms with Gasteiger partial charge in [-0.05, 0) is 76.7 Å². The Morgan fingerprint density at radius 1 is 1.03 bits per heavy atom. The van der Waals surface area contributed by atoms with E-state index in [2.05, 4.69) is 34.6 Å². The Morgan fingerprint density at radius 2 is 1.65 bits per heavy atom. The Balaban J connectivity index is 0.000000896. The van der Waals surface area contributed by atoms with Crippen LogP contribution in [0.4, 0.5) is 0 Å². The fourth-order valence-corrected chi connectivity index (χ4v) is 3.61. The molecule has 1 fully saturated rings. The van der Waals surface area contributed by atoms with Crippen LogP contribution in [0.3, 0.4) is 0 Å². The van der Waals surface area contributed by atoms with Crippen molar-refractivity contribution in [3.05, 3.63) is 58.8 Å². The van der Waals surface area contributed by atoms with Crippen LogP contribution >= 0.6 is 0 Å². The molecule has 0 spiro atoms. The minimum absolute atomic E-state index is 0.0142. The first-order chi connectivity index (χ1) is 16.1. The number of hydrogen-bond acceptors (Lipinski definition) is 6. The number of hydrogen-bond donors (Lipinski definition) is 2. The zero-order valence-corrected chi connectivity index (χ0v) is 22.7. The molecule has 0 aliphatic heterocycles. The van der Waals surface area contributed by atoms with Gasteiger partial charge in [0.1, 0.15) is 11.6 Å². The first-order valence-corrected chi connectivity index (χ1v) is 12.2. The summed E-state index contributed by atoms with van der Waals surface area (Å²) in [6, 6.07) is 0. The topological polar surface area (TPSA) is 85.9 Å². The number of nitrogens with one attached hydrogen (secondary N) is 1. The van der Waals surface area contributed by atoms with E-state index in [4.69, 9.17) is 10.5 Å². The first kappa shape index (κ1) is 31.4. The summed E-state index contributed by atoms with van der Waals surface area (Å²) in [5.41, 5.74) is 11.0. The molecule has 192 valence electrons. The number of aliphatic imine (C=N–C) groups is 1. The minimum atomic E-state index is -0.0142. The summed E-state index contributed by atoms with van der Waals surface area (Å²) < 4.78 is 10.1. The third-order valence-electron chi connectivity index (χ3n) is 5.65. The van der Waals surface area contributed by atoms with Crippen molar-refractivity contribution in [3.63, 3.8) is 0 Å². The van der Waals surface area contributed by atoms with Crippen LogP contribution in [0.15, 0.2) is 63.8 Å². The average molecular weight is 474 g/mol. The Bertz CT molecular complexity index is 807. The summed E-state index contributed by atoms with van der Waals surface area (Å²) >= 11 is 0. The van der Waals surface area contributed by atoms with Crippen LogP contribution in [-0.4, -0.2) is 32.4 Å². The fraction of sp³-hybridized carbons (Fsp3) is 0.571. The molecule has 0 atom stereocenters. The van der Waals surface area contributed by atoms with Crippen LogP contribution in [0.5, 0.6) is 0 Å². The molecule has 0 unspecified atom stereocenters. The quantitative estimate of drug-likeness (QED) is 0.167. The molecule has 34 heavy (non-hydrogen) atoms. The molecule has 0 aromatic carbocycles. The van der Waals surface area contributed by atoms with Crippen LogP contribution in [0.2, 0.25) is 0 Å². The van der Waals surface area contributed by atoms with E-state index in [-0.39, 0.29) is 11.9 Å². The summed E-state index contributed by atoms with van der Waals surface area (Å²) in [5.74, 6) is 1.65. The molecule has 0 heterocycles. The minimum Gasteiger partial charge on any atom is -0.497 e. The van der Waals surface area contributed by atoms with E-state index in [0.29, 0.717) is 12.4 Å². The molecule has 1 saturated carbocycles. The predicted molar refractivity (Wildman–Crippen MR) is 144 cm³/mol. The Morgan fingerprint density at radius 3 is 2.12 bits per heavy atom. The molecular formula is C28H47N3O3. The van der Waals surface area contributed by atoms with Crippen molar-refractivity contribution in [2.24, 2.45) is 16.6 Å². The van der Waals surface area contributed by atoms with E-state index in [9.17, 15) is 4.79 Å². The van der Waals surface area contributed by atoms with Crippen molar-refractivity contribution in [1.82, 2.24) is 5.32 Å². The molecule has 0 saturated heterocycles. The number of allylic oxidation sites excluding steroid dienone is 6. The van der Waals surface area contributed by atoms with Crippen LogP contribution in [-0.2, 0) is 14.3 Å². The van der Waals surface area contributed by atoms with E-state index in [1.807, 2.05) is 46.8 Å². The Labute approximate surface area is 207 Å². The molecule has 3 N–H and O–H groups in total. The number of nitrogens with zero attached hydrogens (tertiary/aromatic N) is 1. The second-order valence-electron chi connectivity index (χ2n) is 8.68. The van der Waals surface area contributed by atoms with Gasteiger partial charge < -0.3 is 20.5 Å². The molecule has 1 aliphatic carbocycles. The standard InChI is InChI=1S/C20H33N3O.C8H14O2/c1-9-10-16(5)20(24-8)12-11-15(4)17(6)19(13-21)23-18(7)22-14(2)3;1-10-8(9)7-5-3-2-4-6-7/h10-12,23H,7,9,13,21H2,1-6,8H3;7H,2-6H2,1H3/b15-11+,16-10+,19-17-,20-12+;. The molecule has 0 aromatic rings. The van der Waals surface area contributed by atoms with Gasteiger partial charge in [0.2, 0.25) is 0 Å². The van der Waals surface area contributed by atoms with Crippen LogP contribution in [0.25, 0.3) is 0 Å². The maximum absolute atomic E-state index is 10.9. The fourth-order valence-electron chi connectivity index (χ4n) is 3.61. The van der Waals surface area contributed by atoms with Gasteiger partial charge in [-0.1, -0.05) is 44.9 Å². The molecule has 1 aliphatic rings. The van der Waals surface area contributed by atoms with Gasteiger partial charge in [-0.3, -0.25) is 4.79 Å². The van der Waals surface area contributed by atoms with Crippen LogP contribution in [0, 0.1) is 5.92 Å². The van der Waals surface area contributed by atoms with Gasteiger partial charge in [-0.2, -0.15) is 0 Å². The number of methoxy groups -OCH3 is 2. The third kappa shape index (κ3) is 12.6. The van der Waals surface area contributed by atoms with Crippen molar-refractivity contribution in [1.29, 1.82) is 0 Å². The summed E-state index contributed by atoms with van der Waals surface area (Å²) in [4.78, 5) is 15.2. The molecule has 0 radical (unpaired) electrons. The van der Waals surface area contributed by atoms with E-state index < -0.39 is 0 Å². The summed E-state index contributed by atoms with van der Waals surface area (Å²) in [6.45, 7) is 16.4. The number of rotatable bonds is 10. The number of nitrogens with two attached hydrogens (primary N) is 1. The van der Waals surface area contributed by atoms with Crippen molar-refractivity contribution in [2.45, 2.75) is 80.1 Å². The number of esters is 1. The first-order valence-electron chi connectivity index (χ1n) is 12.2. The van der Waals surface area contributed by atoms with Gasteiger partial charge in [-0.25, -0.2) is 4.99 Å². The second kappa shape index (κ2) is 17.8. The van der Waals surface area contributed by atoms with Crippen molar-refractivity contribution < 1.29 is 14.3 Å². The van der Waals surface area contributed by atoms with Crippen LogP contribution in [0.1, 0.15) is 80.1 Å².